The van der Waals surface area contributed by atoms with Gasteiger partial charge in [0.05, 0.1) is 13.2 Å². The molecule has 0 unspecified atom stereocenters. The van der Waals surface area contributed by atoms with Crippen molar-refractivity contribution in [2.24, 2.45) is 0 Å². The molecule has 0 aliphatic rings. The van der Waals surface area contributed by atoms with Crippen LogP contribution in [-0.4, -0.2) is 11.7 Å². The van der Waals surface area contributed by atoms with Crippen molar-refractivity contribution >= 4 is 11.6 Å². The smallest absolute Gasteiger partial charge is 0.129 e. The van der Waals surface area contributed by atoms with Crippen molar-refractivity contribution in [3.63, 3.8) is 0 Å². The standard InChI is InChI=1S/C17H19ClO3/c1-2-9-20-16-8-5-14(11-19)17(10-16)21-12-13-3-6-15(18)7-4-13/h3-8,10,19H,2,9,11-12H2,1H3. The Labute approximate surface area is 130 Å². The molecule has 0 amide bonds. The molecule has 0 spiro atoms. The van der Waals surface area contributed by atoms with Gasteiger partial charge in [0.15, 0.2) is 0 Å². The highest BCUT2D eigenvalue weighted by atomic mass is 35.5. The van der Waals surface area contributed by atoms with Crippen LogP contribution < -0.4 is 9.47 Å². The van der Waals surface area contributed by atoms with E-state index in [0.29, 0.717) is 24.0 Å². The molecule has 0 aromatic heterocycles. The van der Waals surface area contributed by atoms with Gasteiger partial charge in [0.1, 0.15) is 18.1 Å². The molecule has 0 bridgehead atoms. The third-order valence-electron chi connectivity index (χ3n) is 2.99. The van der Waals surface area contributed by atoms with Crippen LogP contribution in [0.5, 0.6) is 11.5 Å². The molecule has 4 heteroatoms. The summed E-state index contributed by atoms with van der Waals surface area (Å²) in [4.78, 5) is 0. The Balaban J connectivity index is 2.07. The molecular formula is C17H19ClO3. The minimum atomic E-state index is -0.0655. The first-order valence-electron chi connectivity index (χ1n) is 6.96. The maximum atomic E-state index is 9.38. The molecular weight excluding hydrogens is 288 g/mol. The molecule has 0 aliphatic heterocycles. The van der Waals surface area contributed by atoms with Gasteiger partial charge in [-0.05, 0) is 36.2 Å². The number of rotatable bonds is 7. The summed E-state index contributed by atoms with van der Waals surface area (Å²) in [6, 6.07) is 13.0. The van der Waals surface area contributed by atoms with Crippen LogP contribution in [-0.2, 0) is 13.2 Å². The summed E-state index contributed by atoms with van der Waals surface area (Å²) >= 11 is 5.86. The van der Waals surface area contributed by atoms with E-state index in [1.807, 2.05) is 42.5 Å². The average molecular weight is 307 g/mol. The maximum absolute atomic E-state index is 9.38. The number of ether oxygens (including phenoxy) is 2. The molecule has 2 aromatic rings. The van der Waals surface area contributed by atoms with E-state index in [-0.39, 0.29) is 6.61 Å². The second kappa shape index (κ2) is 7.91. The highest BCUT2D eigenvalue weighted by Gasteiger charge is 2.06. The largest absolute Gasteiger partial charge is 0.493 e. The lowest BCUT2D eigenvalue weighted by Gasteiger charge is -2.13. The van der Waals surface area contributed by atoms with Crippen molar-refractivity contribution in [3.05, 3.63) is 58.6 Å². The molecule has 2 rings (SSSR count). The average Bonchev–Trinajstić information content (AvgIpc) is 2.52. The normalized spacial score (nSPS) is 10.4. The van der Waals surface area contributed by atoms with E-state index in [4.69, 9.17) is 21.1 Å². The molecule has 0 atom stereocenters. The zero-order valence-electron chi connectivity index (χ0n) is 12.0. The second-order valence-corrected chi connectivity index (χ2v) is 5.13. The number of benzene rings is 2. The van der Waals surface area contributed by atoms with Crippen LogP contribution in [0.25, 0.3) is 0 Å². The van der Waals surface area contributed by atoms with Crippen LogP contribution in [0.2, 0.25) is 5.02 Å². The van der Waals surface area contributed by atoms with E-state index in [1.54, 1.807) is 0 Å². The number of aliphatic hydroxyl groups excluding tert-OH is 1. The van der Waals surface area contributed by atoms with E-state index >= 15 is 0 Å². The lowest BCUT2D eigenvalue weighted by Crippen LogP contribution is -2.01. The minimum absolute atomic E-state index is 0.0655. The van der Waals surface area contributed by atoms with E-state index < -0.39 is 0 Å². The van der Waals surface area contributed by atoms with Crippen LogP contribution in [0.1, 0.15) is 24.5 Å². The molecule has 21 heavy (non-hydrogen) atoms. The summed E-state index contributed by atoms with van der Waals surface area (Å²) in [6.45, 7) is 3.07. The Bertz CT molecular complexity index is 567. The highest BCUT2D eigenvalue weighted by molar-refractivity contribution is 6.30. The van der Waals surface area contributed by atoms with Gasteiger partial charge in [0.2, 0.25) is 0 Å². The third kappa shape index (κ3) is 4.66. The summed E-state index contributed by atoms with van der Waals surface area (Å²) in [5.41, 5.74) is 1.76. The molecule has 0 radical (unpaired) electrons. The fourth-order valence-corrected chi connectivity index (χ4v) is 1.98. The lowest BCUT2D eigenvalue weighted by atomic mass is 10.2. The molecule has 0 aliphatic carbocycles. The van der Waals surface area contributed by atoms with Gasteiger partial charge in [-0.1, -0.05) is 30.7 Å². The Morgan fingerprint density at radius 2 is 1.81 bits per heavy atom. The first-order valence-corrected chi connectivity index (χ1v) is 7.34. The van der Waals surface area contributed by atoms with E-state index in [2.05, 4.69) is 6.92 Å². The van der Waals surface area contributed by atoms with Gasteiger partial charge in [-0.25, -0.2) is 0 Å². The van der Waals surface area contributed by atoms with E-state index in [1.165, 1.54) is 0 Å². The Morgan fingerprint density at radius 3 is 2.48 bits per heavy atom. The van der Waals surface area contributed by atoms with Crippen molar-refractivity contribution in [2.75, 3.05) is 6.61 Å². The van der Waals surface area contributed by atoms with Crippen LogP contribution in [0.15, 0.2) is 42.5 Å². The van der Waals surface area contributed by atoms with Gasteiger partial charge in [-0.3, -0.25) is 0 Å². The third-order valence-corrected chi connectivity index (χ3v) is 3.24. The monoisotopic (exact) mass is 306 g/mol. The Morgan fingerprint density at radius 1 is 1.05 bits per heavy atom. The molecule has 0 heterocycles. The van der Waals surface area contributed by atoms with Crippen molar-refractivity contribution in [3.8, 4) is 11.5 Å². The Hall–Kier alpha value is -1.71. The summed E-state index contributed by atoms with van der Waals surface area (Å²) in [7, 11) is 0. The van der Waals surface area contributed by atoms with Gasteiger partial charge in [-0.15, -0.1) is 0 Å². The van der Waals surface area contributed by atoms with Crippen molar-refractivity contribution in [1.29, 1.82) is 0 Å². The quantitative estimate of drug-likeness (QED) is 0.833. The highest BCUT2D eigenvalue weighted by Crippen LogP contribution is 2.26. The first kappa shape index (κ1) is 15.7. The number of aliphatic hydroxyl groups is 1. The molecule has 0 saturated carbocycles. The van der Waals surface area contributed by atoms with E-state index in [9.17, 15) is 5.11 Å². The maximum Gasteiger partial charge on any atom is 0.129 e. The minimum Gasteiger partial charge on any atom is -0.493 e. The lowest BCUT2D eigenvalue weighted by molar-refractivity contribution is 0.256. The SMILES string of the molecule is CCCOc1ccc(CO)c(OCc2ccc(Cl)cc2)c1. The molecule has 2 aromatic carbocycles. The van der Waals surface area contributed by atoms with Crippen LogP contribution in [0, 0.1) is 0 Å². The van der Waals surface area contributed by atoms with Crippen LogP contribution >= 0.6 is 11.6 Å². The summed E-state index contributed by atoms with van der Waals surface area (Å²) in [6.07, 6.45) is 0.947. The van der Waals surface area contributed by atoms with Crippen molar-refractivity contribution in [2.45, 2.75) is 26.6 Å². The summed E-state index contributed by atoms with van der Waals surface area (Å²) in [5, 5.41) is 10.1. The first-order chi connectivity index (χ1) is 10.2. The van der Waals surface area contributed by atoms with Gasteiger partial charge >= 0.3 is 0 Å². The molecule has 112 valence electrons. The van der Waals surface area contributed by atoms with Crippen molar-refractivity contribution < 1.29 is 14.6 Å². The second-order valence-electron chi connectivity index (χ2n) is 4.69. The number of hydrogen-bond acceptors (Lipinski definition) is 3. The molecule has 0 saturated heterocycles. The van der Waals surface area contributed by atoms with Gasteiger partial charge in [0.25, 0.3) is 0 Å². The van der Waals surface area contributed by atoms with Gasteiger partial charge in [-0.2, -0.15) is 0 Å². The predicted molar refractivity (Wildman–Crippen MR) is 83.9 cm³/mol. The topological polar surface area (TPSA) is 38.7 Å². The number of hydrogen-bond donors (Lipinski definition) is 1. The zero-order valence-corrected chi connectivity index (χ0v) is 12.8. The molecule has 0 fully saturated rings. The molecule has 3 nitrogen and oxygen atoms in total. The number of halogens is 1. The fourth-order valence-electron chi connectivity index (χ4n) is 1.85. The Kier molecular flexibility index (Phi) is 5.90. The van der Waals surface area contributed by atoms with Crippen molar-refractivity contribution in [1.82, 2.24) is 0 Å². The van der Waals surface area contributed by atoms with Gasteiger partial charge in [0, 0.05) is 16.7 Å². The van der Waals surface area contributed by atoms with Gasteiger partial charge < -0.3 is 14.6 Å². The fraction of sp³-hybridized carbons (Fsp3) is 0.294. The summed E-state index contributed by atoms with van der Waals surface area (Å²) < 4.78 is 11.4. The van der Waals surface area contributed by atoms with E-state index in [0.717, 1.165) is 23.3 Å². The van der Waals surface area contributed by atoms with Crippen LogP contribution in [0.4, 0.5) is 0 Å². The zero-order chi connectivity index (χ0) is 15.1. The molecule has 1 N–H and O–H groups in total. The van der Waals surface area contributed by atoms with Crippen LogP contribution in [0.3, 0.4) is 0 Å². The summed E-state index contributed by atoms with van der Waals surface area (Å²) in [5.74, 6) is 1.39. The predicted octanol–water partition coefficient (Wildman–Crippen LogP) is 4.20.